The van der Waals surface area contributed by atoms with Gasteiger partial charge in [-0.1, -0.05) is 19.4 Å². The zero-order valence-corrected chi connectivity index (χ0v) is 16.2. The highest BCUT2D eigenvalue weighted by atomic mass is 32.2. The molecule has 0 unspecified atom stereocenters. The lowest BCUT2D eigenvalue weighted by molar-refractivity contribution is -0.123. The fraction of sp³-hybridized carbons (Fsp3) is 0.316. The van der Waals surface area contributed by atoms with Gasteiger partial charge in [0.2, 0.25) is 0 Å². The van der Waals surface area contributed by atoms with E-state index in [-0.39, 0.29) is 17.4 Å². The van der Waals surface area contributed by atoms with Crippen molar-refractivity contribution in [1.82, 2.24) is 5.32 Å². The summed E-state index contributed by atoms with van der Waals surface area (Å²) >= 11 is 0. The Kier molecular flexibility index (Phi) is 7.48. The van der Waals surface area contributed by atoms with Crippen molar-refractivity contribution in [2.45, 2.75) is 24.7 Å². The number of amides is 1. The molecule has 146 valence electrons. The summed E-state index contributed by atoms with van der Waals surface area (Å²) < 4.78 is 37.9. The molecule has 0 aliphatic rings. The molecule has 0 aromatic heterocycles. The second-order valence-electron chi connectivity index (χ2n) is 5.80. The van der Waals surface area contributed by atoms with Gasteiger partial charge in [0, 0.05) is 12.6 Å². The van der Waals surface area contributed by atoms with E-state index in [9.17, 15) is 13.2 Å². The van der Waals surface area contributed by atoms with E-state index in [0.29, 0.717) is 23.7 Å². The maximum absolute atomic E-state index is 12.5. The lowest BCUT2D eigenvalue weighted by Gasteiger charge is -2.10. The van der Waals surface area contributed by atoms with Crippen LogP contribution in [0.15, 0.2) is 53.4 Å². The number of hydrogen-bond acceptors (Lipinski definition) is 5. The van der Waals surface area contributed by atoms with Crippen LogP contribution in [-0.4, -0.2) is 34.6 Å². The molecule has 0 saturated heterocycles. The second kappa shape index (κ2) is 9.82. The third-order valence-corrected chi connectivity index (χ3v) is 5.08. The van der Waals surface area contributed by atoms with Crippen LogP contribution in [0.4, 0.5) is 5.69 Å². The maximum atomic E-state index is 12.5. The average Bonchev–Trinajstić information content (AvgIpc) is 2.66. The number of rotatable bonds is 10. The number of methoxy groups -OCH3 is 1. The summed E-state index contributed by atoms with van der Waals surface area (Å²) in [6, 6.07) is 12.5. The van der Waals surface area contributed by atoms with Crippen LogP contribution in [-0.2, 0) is 14.8 Å². The van der Waals surface area contributed by atoms with Gasteiger partial charge in [0.25, 0.3) is 15.9 Å². The van der Waals surface area contributed by atoms with Gasteiger partial charge in [0.15, 0.2) is 6.61 Å². The molecular weight excluding hydrogens is 368 g/mol. The smallest absolute Gasteiger partial charge is 0.261 e. The third kappa shape index (κ3) is 6.49. The Hall–Kier alpha value is -2.74. The number of unbranched alkanes of at least 4 members (excludes halogenated alkanes) is 1. The SMILES string of the molecule is CCCCNC(=O)COc1ccc(S(=O)(=O)Nc2cccc(OC)c2)cc1. The standard InChI is InChI=1S/C19H24N2O5S/c1-3-4-12-20-19(22)14-26-16-8-10-18(11-9-16)27(23,24)21-15-6-5-7-17(13-15)25-2/h5-11,13,21H,3-4,12,14H2,1-2H3,(H,20,22). The molecule has 8 heteroatoms. The Morgan fingerprint density at radius 3 is 2.48 bits per heavy atom. The highest BCUT2D eigenvalue weighted by Gasteiger charge is 2.14. The Morgan fingerprint density at radius 2 is 1.81 bits per heavy atom. The molecular formula is C19H24N2O5S. The average molecular weight is 392 g/mol. The van der Waals surface area contributed by atoms with Gasteiger partial charge in [-0.25, -0.2) is 8.42 Å². The van der Waals surface area contributed by atoms with E-state index in [1.807, 2.05) is 6.92 Å². The minimum absolute atomic E-state index is 0.0880. The van der Waals surface area contributed by atoms with Crippen molar-refractivity contribution in [3.8, 4) is 11.5 Å². The summed E-state index contributed by atoms with van der Waals surface area (Å²) in [6.45, 7) is 2.55. The number of hydrogen-bond donors (Lipinski definition) is 2. The van der Waals surface area contributed by atoms with Crippen molar-refractivity contribution in [1.29, 1.82) is 0 Å². The number of benzene rings is 2. The molecule has 0 atom stereocenters. The van der Waals surface area contributed by atoms with Crippen molar-refractivity contribution in [3.05, 3.63) is 48.5 Å². The first-order valence-corrected chi connectivity index (χ1v) is 10.1. The largest absolute Gasteiger partial charge is 0.497 e. The van der Waals surface area contributed by atoms with Crippen LogP contribution in [0, 0.1) is 0 Å². The predicted molar refractivity (Wildman–Crippen MR) is 104 cm³/mol. The van der Waals surface area contributed by atoms with Crippen LogP contribution < -0.4 is 19.5 Å². The van der Waals surface area contributed by atoms with Gasteiger partial charge in [0.05, 0.1) is 17.7 Å². The minimum Gasteiger partial charge on any atom is -0.497 e. The number of carbonyl (C=O) groups is 1. The molecule has 0 radical (unpaired) electrons. The van der Waals surface area contributed by atoms with E-state index in [1.165, 1.54) is 31.4 Å². The highest BCUT2D eigenvalue weighted by Crippen LogP contribution is 2.22. The summed E-state index contributed by atoms with van der Waals surface area (Å²) in [4.78, 5) is 11.7. The van der Waals surface area contributed by atoms with Crippen LogP contribution in [0.5, 0.6) is 11.5 Å². The summed E-state index contributed by atoms with van der Waals surface area (Å²) in [5.41, 5.74) is 0.401. The second-order valence-corrected chi connectivity index (χ2v) is 7.48. The number of carbonyl (C=O) groups excluding carboxylic acids is 1. The molecule has 0 saturated carbocycles. The Labute approximate surface area is 159 Å². The Morgan fingerprint density at radius 1 is 1.07 bits per heavy atom. The Balaban J connectivity index is 1.95. The van der Waals surface area contributed by atoms with Crippen molar-refractivity contribution < 1.29 is 22.7 Å². The summed E-state index contributed by atoms with van der Waals surface area (Å²) in [6.07, 6.45) is 1.92. The molecule has 27 heavy (non-hydrogen) atoms. The van der Waals surface area contributed by atoms with E-state index in [0.717, 1.165) is 12.8 Å². The van der Waals surface area contributed by atoms with Crippen molar-refractivity contribution >= 4 is 21.6 Å². The molecule has 7 nitrogen and oxygen atoms in total. The molecule has 0 bridgehead atoms. The molecule has 2 aromatic carbocycles. The van der Waals surface area contributed by atoms with Gasteiger partial charge in [-0.05, 0) is 42.8 Å². The molecule has 0 heterocycles. The van der Waals surface area contributed by atoms with E-state index in [2.05, 4.69) is 10.0 Å². The molecule has 0 spiro atoms. The first-order chi connectivity index (χ1) is 12.9. The van der Waals surface area contributed by atoms with Gasteiger partial charge in [-0.3, -0.25) is 9.52 Å². The van der Waals surface area contributed by atoms with E-state index >= 15 is 0 Å². The lowest BCUT2D eigenvalue weighted by atomic mass is 10.3. The first kappa shape index (κ1) is 20.6. The van der Waals surface area contributed by atoms with E-state index in [1.54, 1.807) is 24.3 Å². The van der Waals surface area contributed by atoms with Gasteiger partial charge in [-0.15, -0.1) is 0 Å². The highest BCUT2D eigenvalue weighted by molar-refractivity contribution is 7.92. The molecule has 2 aromatic rings. The zero-order valence-electron chi connectivity index (χ0n) is 15.4. The van der Waals surface area contributed by atoms with Crippen molar-refractivity contribution in [2.75, 3.05) is 25.0 Å². The number of sulfonamides is 1. The fourth-order valence-electron chi connectivity index (χ4n) is 2.22. The van der Waals surface area contributed by atoms with Crippen LogP contribution in [0.1, 0.15) is 19.8 Å². The number of anilines is 1. The summed E-state index contributed by atoms with van der Waals surface area (Å²) in [7, 11) is -2.23. The number of nitrogens with one attached hydrogen (secondary N) is 2. The van der Waals surface area contributed by atoms with Crippen LogP contribution >= 0.6 is 0 Å². The predicted octanol–water partition coefficient (Wildman–Crippen LogP) is 2.79. The van der Waals surface area contributed by atoms with Crippen LogP contribution in [0.25, 0.3) is 0 Å². The van der Waals surface area contributed by atoms with Crippen LogP contribution in [0.3, 0.4) is 0 Å². The molecule has 0 aliphatic heterocycles. The molecule has 2 rings (SSSR count). The summed E-state index contributed by atoms with van der Waals surface area (Å²) in [5.74, 6) is 0.761. The van der Waals surface area contributed by atoms with E-state index in [4.69, 9.17) is 9.47 Å². The monoisotopic (exact) mass is 392 g/mol. The topological polar surface area (TPSA) is 93.7 Å². The minimum atomic E-state index is -3.74. The van der Waals surface area contributed by atoms with Crippen LogP contribution in [0.2, 0.25) is 0 Å². The maximum Gasteiger partial charge on any atom is 0.261 e. The zero-order chi connectivity index (χ0) is 19.7. The lowest BCUT2D eigenvalue weighted by Crippen LogP contribution is -2.29. The Bertz CT molecular complexity index is 851. The van der Waals surface area contributed by atoms with Gasteiger partial charge < -0.3 is 14.8 Å². The molecule has 2 N–H and O–H groups in total. The first-order valence-electron chi connectivity index (χ1n) is 8.61. The van der Waals surface area contributed by atoms with Crippen molar-refractivity contribution in [3.63, 3.8) is 0 Å². The molecule has 0 aliphatic carbocycles. The van der Waals surface area contributed by atoms with E-state index < -0.39 is 10.0 Å². The van der Waals surface area contributed by atoms with Crippen molar-refractivity contribution in [2.24, 2.45) is 0 Å². The van der Waals surface area contributed by atoms with Gasteiger partial charge in [0.1, 0.15) is 11.5 Å². The quantitative estimate of drug-likeness (QED) is 0.607. The fourth-order valence-corrected chi connectivity index (χ4v) is 3.27. The van der Waals surface area contributed by atoms with Gasteiger partial charge >= 0.3 is 0 Å². The third-order valence-electron chi connectivity index (χ3n) is 3.68. The molecule has 0 fully saturated rings. The number of ether oxygens (including phenoxy) is 2. The summed E-state index contributed by atoms with van der Waals surface area (Å²) in [5, 5.41) is 2.75. The normalized spacial score (nSPS) is 10.9. The molecule has 1 amide bonds. The van der Waals surface area contributed by atoms with Gasteiger partial charge in [-0.2, -0.15) is 0 Å².